The van der Waals surface area contributed by atoms with Crippen LogP contribution in [0.5, 0.6) is 0 Å². The topological polar surface area (TPSA) is 70.0 Å². The van der Waals surface area contributed by atoms with E-state index in [2.05, 4.69) is 5.32 Å². The van der Waals surface area contributed by atoms with Gasteiger partial charge in [0, 0.05) is 10.6 Å². The first kappa shape index (κ1) is 14.9. The van der Waals surface area contributed by atoms with Crippen LogP contribution in [0.4, 0.5) is 5.69 Å². The van der Waals surface area contributed by atoms with Gasteiger partial charge in [-0.3, -0.25) is 9.59 Å². The van der Waals surface area contributed by atoms with Crippen molar-refractivity contribution in [3.63, 3.8) is 0 Å². The second-order valence-electron chi connectivity index (χ2n) is 4.64. The maximum Gasteiger partial charge on any atom is 0.249 e. The molecule has 0 radical (unpaired) electrons. The first-order chi connectivity index (χ1) is 10.0. The van der Waals surface area contributed by atoms with E-state index in [9.17, 15) is 9.59 Å². The van der Waals surface area contributed by atoms with Crippen molar-refractivity contribution in [2.45, 2.75) is 13.8 Å². The molecule has 21 heavy (non-hydrogen) atoms. The van der Waals surface area contributed by atoms with Crippen LogP contribution in [0, 0.1) is 31.1 Å². The number of Topliss-reactive ketones (excluding diaryl/α,β-unsaturated/α-hetero) is 1. The van der Waals surface area contributed by atoms with E-state index in [1.165, 1.54) is 11.3 Å². The molecule has 1 amide bonds. The minimum absolute atomic E-state index is 0.430. The fourth-order valence-electron chi connectivity index (χ4n) is 1.86. The van der Waals surface area contributed by atoms with E-state index in [1.807, 2.05) is 26.0 Å². The minimum atomic E-state index is -1.33. The summed E-state index contributed by atoms with van der Waals surface area (Å²) in [5.41, 5.74) is 1.49. The van der Waals surface area contributed by atoms with Gasteiger partial charge < -0.3 is 5.32 Å². The highest BCUT2D eigenvalue weighted by molar-refractivity contribution is 7.14. The van der Waals surface area contributed by atoms with E-state index in [1.54, 1.807) is 30.3 Å². The summed E-state index contributed by atoms with van der Waals surface area (Å²) >= 11 is 1.29. The SMILES string of the molecule is Cc1ccc(C(=O)[C@@H](C#N)C(=O)Nc2ccccc2C)s1. The minimum Gasteiger partial charge on any atom is -0.324 e. The van der Waals surface area contributed by atoms with Crippen molar-refractivity contribution in [2.24, 2.45) is 5.92 Å². The van der Waals surface area contributed by atoms with E-state index in [0.29, 0.717) is 10.6 Å². The summed E-state index contributed by atoms with van der Waals surface area (Å²) in [5, 5.41) is 11.8. The number of hydrogen-bond donors (Lipinski definition) is 1. The number of para-hydroxylation sites is 1. The Balaban J connectivity index is 2.18. The molecule has 1 aromatic carbocycles. The number of nitrogens with zero attached hydrogens (tertiary/aromatic N) is 1. The number of anilines is 1. The Bertz CT molecular complexity index is 728. The lowest BCUT2D eigenvalue weighted by molar-refractivity contribution is -0.117. The maximum atomic E-state index is 12.2. The molecule has 0 aliphatic heterocycles. The van der Waals surface area contributed by atoms with Crippen LogP contribution >= 0.6 is 11.3 Å². The van der Waals surface area contributed by atoms with Crippen LogP contribution in [0.15, 0.2) is 36.4 Å². The van der Waals surface area contributed by atoms with Gasteiger partial charge in [0.2, 0.25) is 5.91 Å². The van der Waals surface area contributed by atoms with Crippen LogP contribution in [-0.4, -0.2) is 11.7 Å². The molecule has 2 aromatic rings. The molecule has 2 rings (SSSR count). The third-order valence-corrected chi connectivity index (χ3v) is 4.05. The molecule has 1 atom stereocenters. The van der Waals surface area contributed by atoms with Crippen LogP contribution in [0.2, 0.25) is 0 Å². The Morgan fingerprint density at radius 1 is 1.19 bits per heavy atom. The van der Waals surface area contributed by atoms with Crippen molar-refractivity contribution in [2.75, 3.05) is 5.32 Å². The van der Waals surface area contributed by atoms with Gasteiger partial charge in [0.1, 0.15) is 0 Å². The van der Waals surface area contributed by atoms with Crippen LogP contribution in [0.1, 0.15) is 20.1 Å². The fraction of sp³-hybridized carbons (Fsp3) is 0.188. The van der Waals surface area contributed by atoms with Crippen molar-refractivity contribution in [3.05, 3.63) is 51.7 Å². The normalized spacial score (nSPS) is 11.5. The molecule has 1 N–H and O–H groups in total. The average molecular weight is 298 g/mol. The monoisotopic (exact) mass is 298 g/mol. The molecule has 0 spiro atoms. The van der Waals surface area contributed by atoms with E-state index in [-0.39, 0.29) is 0 Å². The van der Waals surface area contributed by atoms with Crippen molar-refractivity contribution >= 4 is 28.7 Å². The molecule has 1 aromatic heterocycles. The first-order valence-electron chi connectivity index (χ1n) is 6.39. The van der Waals surface area contributed by atoms with E-state index >= 15 is 0 Å². The highest BCUT2D eigenvalue weighted by atomic mass is 32.1. The number of rotatable bonds is 4. The highest BCUT2D eigenvalue weighted by Crippen LogP contribution is 2.21. The molecule has 0 aliphatic carbocycles. The molecule has 0 saturated heterocycles. The number of ketones is 1. The Labute approximate surface area is 127 Å². The number of benzene rings is 1. The summed E-state index contributed by atoms with van der Waals surface area (Å²) in [6, 6.07) is 12.5. The fourth-order valence-corrected chi connectivity index (χ4v) is 2.70. The number of amides is 1. The highest BCUT2D eigenvalue weighted by Gasteiger charge is 2.28. The van der Waals surface area contributed by atoms with Gasteiger partial charge in [-0.2, -0.15) is 5.26 Å². The second-order valence-corrected chi connectivity index (χ2v) is 5.93. The summed E-state index contributed by atoms with van der Waals surface area (Å²) in [4.78, 5) is 25.8. The number of thiophene rings is 1. The van der Waals surface area contributed by atoms with Gasteiger partial charge in [-0.25, -0.2) is 0 Å². The van der Waals surface area contributed by atoms with E-state index in [4.69, 9.17) is 5.26 Å². The quantitative estimate of drug-likeness (QED) is 0.695. The predicted molar refractivity (Wildman–Crippen MR) is 82.3 cm³/mol. The first-order valence-corrected chi connectivity index (χ1v) is 7.21. The largest absolute Gasteiger partial charge is 0.324 e. The molecule has 5 heteroatoms. The van der Waals surface area contributed by atoms with Gasteiger partial charge in [-0.15, -0.1) is 11.3 Å². The van der Waals surface area contributed by atoms with Gasteiger partial charge in [-0.05, 0) is 37.6 Å². The van der Waals surface area contributed by atoms with Crippen molar-refractivity contribution in [1.82, 2.24) is 0 Å². The van der Waals surface area contributed by atoms with E-state index < -0.39 is 17.6 Å². The standard InChI is InChI=1S/C16H14N2O2S/c1-10-5-3-4-6-13(10)18-16(20)12(9-17)15(19)14-8-7-11(2)21-14/h3-8,12H,1-2H3,(H,18,20)/t12-/m1/s1. The number of carbonyl (C=O) groups excluding carboxylic acids is 2. The number of nitriles is 1. The van der Waals surface area contributed by atoms with E-state index in [0.717, 1.165) is 10.4 Å². The lowest BCUT2D eigenvalue weighted by Gasteiger charge is -2.10. The maximum absolute atomic E-state index is 12.2. The van der Waals surface area contributed by atoms with Crippen molar-refractivity contribution < 1.29 is 9.59 Å². The smallest absolute Gasteiger partial charge is 0.249 e. The zero-order chi connectivity index (χ0) is 15.4. The zero-order valence-corrected chi connectivity index (χ0v) is 12.5. The van der Waals surface area contributed by atoms with Crippen molar-refractivity contribution in [3.8, 4) is 6.07 Å². The van der Waals surface area contributed by atoms with Gasteiger partial charge >= 0.3 is 0 Å². The molecule has 0 aliphatic rings. The zero-order valence-electron chi connectivity index (χ0n) is 11.7. The number of aryl methyl sites for hydroxylation is 2. The summed E-state index contributed by atoms with van der Waals surface area (Å²) < 4.78 is 0. The predicted octanol–water partition coefficient (Wildman–Crippen LogP) is 3.33. The third kappa shape index (κ3) is 3.36. The van der Waals surface area contributed by atoms with Crippen LogP contribution < -0.4 is 5.32 Å². The Hall–Kier alpha value is -2.45. The summed E-state index contributed by atoms with van der Waals surface area (Å²) in [5.74, 6) is -2.38. The Kier molecular flexibility index (Phi) is 4.51. The summed E-state index contributed by atoms with van der Waals surface area (Å²) in [7, 11) is 0. The third-order valence-electron chi connectivity index (χ3n) is 3.04. The number of hydrogen-bond acceptors (Lipinski definition) is 4. The van der Waals surface area contributed by atoms with Gasteiger partial charge in [0.25, 0.3) is 0 Å². The Morgan fingerprint density at radius 2 is 1.90 bits per heavy atom. The lowest BCUT2D eigenvalue weighted by atomic mass is 10.0. The number of carbonyl (C=O) groups is 2. The molecule has 4 nitrogen and oxygen atoms in total. The summed E-state index contributed by atoms with van der Waals surface area (Å²) in [6.07, 6.45) is 0. The molecule has 106 valence electrons. The van der Waals surface area contributed by atoms with Gasteiger partial charge in [0.05, 0.1) is 10.9 Å². The lowest BCUT2D eigenvalue weighted by Crippen LogP contribution is -2.28. The van der Waals surface area contributed by atoms with Gasteiger partial charge in [0.15, 0.2) is 11.7 Å². The van der Waals surface area contributed by atoms with Gasteiger partial charge in [-0.1, -0.05) is 18.2 Å². The molecular formula is C16H14N2O2S. The van der Waals surface area contributed by atoms with Crippen LogP contribution in [0.3, 0.4) is 0 Å². The molecular weight excluding hydrogens is 284 g/mol. The molecule has 0 saturated carbocycles. The molecule has 0 unspecified atom stereocenters. The van der Waals surface area contributed by atoms with Crippen LogP contribution in [0.25, 0.3) is 0 Å². The second kappa shape index (κ2) is 6.33. The molecule has 1 heterocycles. The molecule has 0 bridgehead atoms. The van der Waals surface area contributed by atoms with Crippen molar-refractivity contribution in [1.29, 1.82) is 5.26 Å². The average Bonchev–Trinajstić information content (AvgIpc) is 2.89. The molecule has 0 fully saturated rings. The number of nitrogens with one attached hydrogen (secondary N) is 1. The summed E-state index contributed by atoms with van der Waals surface area (Å²) in [6.45, 7) is 3.72. The van der Waals surface area contributed by atoms with Crippen LogP contribution in [-0.2, 0) is 4.79 Å². The Morgan fingerprint density at radius 3 is 2.48 bits per heavy atom.